The van der Waals surface area contributed by atoms with E-state index in [0.717, 1.165) is 0 Å². The van der Waals surface area contributed by atoms with Crippen LogP contribution >= 0.6 is 11.6 Å². The van der Waals surface area contributed by atoms with Crippen molar-refractivity contribution < 1.29 is 14.3 Å². The Kier molecular flexibility index (Phi) is 5.14. The van der Waals surface area contributed by atoms with Gasteiger partial charge in [-0.2, -0.15) is 0 Å². The molecule has 1 amide bonds. The monoisotopic (exact) mass is 346 g/mol. The Labute approximate surface area is 145 Å². The molecule has 0 unspecified atom stereocenters. The third kappa shape index (κ3) is 4.73. The number of carbonyl (C=O) groups is 2. The van der Waals surface area contributed by atoms with Crippen molar-refractivity contribution in [1.82, 2.24) is 0 Å². The normalized spacial score (nSPS) is 11.0. The number of rotatable bonds is 3. The summed E-state index contributed by atoms with van der Waals surface area (Å²) in [4.78, 5) is 24.4. The number of nitrogens with two attached hydrogens (primary N) is 1. The quantitative estimate of drug-likeness (QED) is 0.633. The number of halogens is 1. The number of hydrogen-bond acceptors (Lipinski definition) is 4. The van der Waals surface area contributed by atoms with Gasteiger partial charge in [0.2, 0.25) is 0 Å². The van der Waals surface area contributed by atoms with Crippen LogP contribution in [-0.4, -0.2) is 17.5 Å². The SMILES string of the molecule is CC(C)(C)OC(=O)Nc1cccc(C(=O)c2cc(Cl)ccc2N)c1. The standard InChI is InChI=1S/C18H19ClN2O3/c1-18(2,3)24-17(23)21-13-6-4-5-11(9-13)16(22)14-10-12(19)7-8-15(14)20/h4-10H,20H2,1-3H3,(H,21,23). The maximum atomic E-state index is 12.6. The van der Waals surface area contributed by atoms with Crippen molar-refractivity contribution in [1.29, 1.82) is 0 Å². The lowest BCUT2D eigenvalue weighted by molar-refractivity contribution is 0.0635. The van der Waals surface area contributed by atoms with Gasteiger partial charge in [0.05, 0.1) is 0 Å². The third-order valence-electron chi connectivity index (χ3n) is 3.03. The Balaban J connectivity index is 2.22. The average Bonchev–Trinajstić information content (AvgIpc) is 2.47. The Morgan fingerprint density at radius 3 is 2.50 bits per heavy atom. The minimum absolute atomic E-state index is 0.275. The van der Waals surface area contributed by atoms with Crippen LogP contribution in [0.25, 0.3) is 0 Å². The van der Waals surface area contributed by atoms with Gasteiger partial charge in [0.1, 0.15) is 5.60 Å². The topological polar surface area (TPSA) is 81.4 Å². The second kappa shape index (κ2) is 6.93. The van der Waals surface area contributed by atoms with Crippen molar-refractivity contribution in [2.24, 2.45) is 0 Å². The number of anilines is 2. The number of nitrogen functional groups attached to an aromatic ring is 1. The van der Waals surface area contributed by atoms with E-state index in [1.807, 2.05) is 0 Å². The summed E-state index contributed by atoms with van der Waals surface area (Å²) >= 11 is 5.93. The largest absolute Gasteiger partial charge is 0.444 e. The molecule has 0 bridgehead atoms. The Morgan fingerprint density at radius 2 is 1.83 bits per heavy atom. The lowest BCUT2D eigenvalue weighted by atomic mass is 10.0. The van der Waals surface area contributed by atoms with Crippen molar-refractivity contribution in [3.8, 4) is 0 Å². The highest BCUT2D eigenvalue weighted by Crippen LogP contribution is 2.22. The number of carbonyl (C=O) groups excluding carboxylic acids is 2. The van der Waals surface area contributed by atoms with Crippen LogP contribution in [0, 0.1) is 0 Å². The molecule has 0 saturated carbocycles. The fourth-order valence-electron chi connectivity index (χ4n) is 2.04. The summed E-state index contributed by atoms with van der Waals surface area (Å²) < 4.78 is 5.19. The van der Waals surface area contributed by atoms with Gasteiger partial charge < -0.3 is 10.5 Å². The molecule has 5 nitrogen and oxygen atoms in total. The lowest BCUT2D eigenvalue weighted by Gasteiger charge is -2.19. The maximum Gasteiger partial charge on any atom is 0.412 e. The van der Waals surface area contributed by atoms with Gasteiger partial charge in [-0.15, -0.1) is 0 Å². The molecule has 0 radical (unpaired) electrons. The van der Waals surface area contributed by atoms with Crippen molar-refractivity contribution in [3.05, 3.63) is 58.6 Å². The summed E-state index contributed by atoms with van der Waals surface area (Å²) in [5, 5.41) is 3.03. The van der Waals surface area contributed by atoms with E-state index < -0.39 is 11.7 Å². The van der Waals surface area contributed by atoms with Gasteiger partial charge >= 0.3 is 6.09 Å². The molecule has 2 aromatic carbocycles. The minimum Gasteiger partial charge on any atom is -0.444 e. The Bertz CT molecular complexity index is 782. The van der Waals surface area contributed by atoms with Crippen LogP contribution in [0.1, 0.15) is 36.7 Å². The number of amides is 1. The van der Waals surface area contributed by atoms with E-state index in [1.54, 1.807) is 57.2 Å². The second-order valence-electron chi connectivity index (χ2n) is 6.27. The fraction of sp³-hybridized carbons (Fsp3) is 0.222. The molecule has 3 N–H and O–H groups in total. The lowest BCUT2D eigenvalue weighted by Crippen LogP contribution is -2.27. The van der Waals surface area contributed by atoms with Crippen LogP contribution in [0.3, 0.4) is 0 Å². The molecule has 0 atom stereocenters. The number of hydrogen-bond donors (Lipinski definition) is 2. The maximum absolute atomic E-state index is 12.6. The molecule has 0 aliphatic rings. The molecular formula is C18H19ClN2O3. The summed E-state index contributed by atoms with van der Waals surface area (Å²) in [5.74, 6) is -0.275. The van der Waals surface area contributed by atoms with Crippen LogP contribution in [0.2, 0.25) is 5.02 Å². The van der Waals surface area contributed by atoms with Gasteiger partial charge in [0, 0.05) is 27.5 Å². The van der Waals surface area contributed by atoms with Gasteiger partial charge in [-0.3, -0.25) is 10.1 Å². The molecule has 126 valence electrons. The molecule has 0 spiro atoms. The molecular weight excluding hydrogens is 328 g/mol. The third-order valence-corrected chi connectivity index (χ3v) is 3.27. The van der Waals surface area contributed by atoms with E-state index in [0.29, 0.717) is 27.5 Å². The zero-order chi connectivity index (χ0) is 17.9. The van der Waals surface area contributed by atoms with Crippen molar-refractivity contribution >= 4 is 34.9 Å². The van der Waals surface area contributed by atoms with Gasteiger partial charge in [-0.25, -0.2) is 4.79 Å². The van der Waals surface area contributed by atoms with Crippen LogP contribution in [-0.2, 0) is 4.74 Å². The van der Waals surface area contributed by atoms with Crippen molar-refractivity contribution in [2.45, 2.75) is 26.4 Å². The summed E-state index contributed by atoms with van der Waals surface area (Å²) in [5.41, 5.74) is 6.74. The predicted octanol–water partition coefficient (Wildman–Crippen LogP) is 4.50. The summed E-state index contributed by atoms with van der Waals surface area (Å²) in [7, 11) is 0. The molecule has 0 heterocycles. The molecule has 0 aliphatic heterocycles. The van der Waals surface area contributed by atoms with Crippen LogP contribution in [0.5, 0.6) is 0 Å². The molecule has 24 heavy (non-hydrogen) atoms. The van der Waals surface area contributed by atoms with E-state index in [9.17, 15) is 9.59 Å². The Morgan fingerprint density at radius 1 is 1.12 bits per heavy atom. The predicted molar refractivity (Wildman–Crippen MR) is 95.6 cm³/mol. The summed E-state index contributed by atoms with van der Waals surface area (Å²) in [6, 6.07) is 11.3. The number of ketones is 1. The second-order valence-corrected chi connectivity index (χ2v) is 6.70. The first-order chi connectivity index (χ1) is 11.2. The minimum atomic E-state index is -0.604. The molecule has 2 aromatic rings. The molecule has 0 aliphatic carbocycles. The number of benzene rings is 2. The highest BCUT2D eigenvalue weighted by atomic mass is 35.5. The highest BCUT2D eigenvalue weighted by molar-refractivity contribution is 6.31. The van der Waals surface area contributed by atoms with E-state index in [1.165, 1.54) is 6.07 Å². The zero-order valence-corrected chi connectivity index (χ0v) is 14.5. The molecule has 0 fully saturated rings. The van der Waals surface area contributed by atoms with E-state index in [4.69, 9.17) is 22.1 Å². The molecule has 0 aromatic heterocycles. The van der Waals surface area contributed by atoms with Crippen LogP contribution in [0.15, 0.2) is 42.5 Å². The number of ether oxygens (including phenoxy) is 1. The molecule has 2 rings (SSSR count). The van der Waals surface area contributed by atoms with Gasteiger partial charge in [-0.1, -0.05) is 23.7 Å². The fourth-order valence-corrected chi connectivity index (χ4v) is 2.21. The Hall–Kier alpha value is -2.53. The van der Waals surface area contributed by atoms with Crippen LogP contribution < -0.4 is 11.1 Å². The van der Waals surface area contributed by atoms with Gasteiger partial charge in [-0.05, 0) is 51.1 Å². The molecule has 0 saturated heterocycles. The first-order valence-corrected chi connectivity index (χ1v) is 7.73. The smallest absolute Gasteiger partial charge is 0.412 e. The van der Waals surface area contributed by atoms with Crippen LogP contribution in [0.4, 0.5) is 16.2 Å². The van der Waals surface area contributed by atoms with E-state index >= 15 is 0 Å². The first kappa shape index (κ1) is 17.8. The van der Waals surface area contributed by atoms with Crippen molar-refractivity contribution in [3.63, 3.8) is 0 Å². The van der Waals surface area contributed by atoms with Gasteiger partial charge in [0.25, 0.3) is 0 Å². The van der Waals surface area contributed by atoms with Gasteiger partial charge in [0.15, 0.2) is 5.78 Å². The van der Waals surface area contributed by atoms with E-state index in [2.05, 4.69) is 5.32 Å². The van der Waals surface area contributed by atoms with Crippen molar-refractivity contribution in [2.75, 3.05) is 11.1 Å². The zero-order valence-electron chi connectivity index (χ0n) is 13.7. The van der Waals surface area contributed by atoms with E-state index in [-0.39, 0.29) is 5.78 Å². The molecule has 6 heteroatoms. The average molecular weight is 347 g/mol. The highest BCUT2D eigenvalue weighted by Gasteiger charge is 2.17. The first-order valence-electron chi connectivity index (χ1n) is 7.35. The number of nitrogens with one attached hydrogen (secondary N) is 1. The summed E-state index contributed by atoms with van der Waals surface area (Å²) in [6.07, 6.45) is -0.589. The summed E-state index contributed by atoms with van der Waals surface area (Å²) in [6.45, 7) is 5.32.